The fourth-order valence-corrected chi connectivity index (χ4v) is 1.69. The van der Waals surface area contributed by atoms with Crippen LogP contribution >= 0.6 is 0 Å². The fraction of sp³-hybridized carbons (Fsp3) is 0.200. The molecule has 0 saturated heterocycles. The zero-order valence-electron chi connectivity index (χ0n) is 8.51. The van der Waals surface area contributed by atoms with Crippen LogP contribution in [0.15, 0.2) is 18.5 Å². The molecule has 0 unspecified atom stereocenters. The molecule has 0 aliphatic carbocycles. The number of primary amides is 1. The van der Waals surface area contributed by atoms with Crippen LogP contribution in [0.2, 0.25) is 0 Å². The lowest BCUT2D eigenvalue weighted by Crippen LogP contribution is -2.15. The van der Waals surface area contributed by atoms with Crippen molar-refractivity contribution in [1.82, 2.24) is 9.97 Å². The molecule has 4 nitrogen and oxygen atoms in total. The minimum absolute atomic E-state index is 0.0330. The Bertz CT molecular complexity index is 574. The van der Waals surface area contributed by atoms with Gasteiger partial charge in [-0.3, -0.25) is 9.78 Å². The number of nitrogens with zero attached hydrogens (tertiary/aromatic N) is 1. The highest BCUT2D eigenvalue weighted by molar-refractivity contribution is 6.05. The predicted octanol–water partition coefficient (Wildman–Crippen LogP) is 1.77. The van der Waals surface area contributed by atoms with E-state index >= 15 is 0 Å². The van der Waals surface area contributed by atoms with Gasteiger partial charge in [0.15, 0.2) is 0 Å². The number of hydrogen-bond acceptors (Lipinski definition) is 2. The number of H-pyrrole nitrogens is 1. The molecule has 2 heterocycles. The summed E-state index contributed by atoms with van der Waals surface area (Å²) in [6.45, 7) is 0. The van der Waals surface area contributed by atoms with Crippen LogP contribution in [0.25, 0.3) is 10.9 Å². The van der Waals surface area contributed by atoms with E-state index in [2.05, 4.69) is 9.97 Å². The molecule has 0 aliphatic rings. The molecule has 2 rings (SSSR count). The summed E-state index contributed by atoms with van der Waals surface area (Å²) >= 11 is 0. The summed E-state index contributed by atoms with van der Waals surface area (Å²) in [5, 5.41) is 0.136. The summed E-state index contributed by atoms with van der Waals surface area (Å²) in [5.41, 5.74) is 5.30. The van der Waals surface area contributed by atoms with Gasteiger partial charge in [0.25, 0.3) is 5.91 Å². The lowest BCUT2D eigenvalue weighted by atomic mass is 10.1. The summed E-state index contributed by atoms with van der Waals surface area (Å²) in [4.78, 5) is 17.5. The first-order chi connectivity index (χ1) is 7.88. The van der Waals surface area contributed by atoms with E-state index in [0.29, 0.717) is 5.52 Å². The van der Waals surface area contributed by atoms with Crippen molar-refractivity contribution in [3.05, 3.63) is 29.7 Å². The number of nitrogens with one attached hydrogen (secondary N) is 1. The molecule has 0 spiro atoms. The Balaban J connectivity index is 2.61. The van der Waals surface area contributed by atoms with Crippen molar-refractivity contribution in [2.24, 2.45) is 5.73 Å². The molecule has 0 saturated carbocycles. The number of amides is 1. The maximum absolute atomic E-state index is 12.3. The first kappa shape index (κ1) is 11.4. The third-order valence-corrected chi connectivity index (χ3v) is 2.30. The molecule has 0 aromatic carbocycles. The fourth-order valence-electron chi connectivity index (χ4n) is 1.69. The van der Waals surface area contributed by atoms with Crippen LogP contribution in [0, 0.1) is 0 Å². The molecule has 0 atom stereocenters. The minimum atomic E-state index is -4.35. The zero-order chi connectivity index (χ0) is 12.6. The van der Waals surface area contributed by atoms with Crippen molar-refractivity contribution in [3.8, 4) is 0 Å². The number of fused-ring (bicyclic) bond motifs is 1. The first-order valence-electron chi connectivity index (χ1n) is 4.70. The van der Waals surface area contributed by atoms with E-state index in [1.165, 1.54) is 18.5 Å². The van der Waals surface area contributed by atoms with Crippen molar-refractivity contribution in [2.75, 3.05) is 0 Å². The summed E-state index contributed by atoms with van der Waals surface area (Å²) in [5.74, 6) is -0.848. The van der Waals surface area contributed by atoms with E-state index < -0.39 is 18.5 Å². The quantitative estimate of drug-likeness (QED) is 0.843. The van der Waals surface area contributed by atoms with Crippen molar-refractivity contribution in [3.63, 3.8) is 0 Å². The van der Waals surface area contributed by atoms with E-state index in [1.807, 2.05) is 0 Å². The van der Waals surface area contributed by atoms with E-state index in [4.69, 9.17) is 5.73 Å². The lowest BCUT2D eigenvalue weighted by Gasteiger charge is -2.05. The van der Waals surface area contributed by atoms with Crippen LogP contribution < -0.4 is 5.73 Å². The SMILES string of the molecule is NC(=O)c1nccc2[nH]cc(CC(F)(F)F)c12. The van der Waals surface area contributed by atoms with Crippen LogP contribution in [-0.4, -0.2) is 22.1 Å². The number of alkyl halides is 3. The Kier molecular flexibility index (Phi) is 2.53. The summed E-state index contributed by atoms with van der Waals surface area (Å²) in [6, 6.07) is 1.49. The Morgan fingerprint density at radius 1 is 1.47 bits per heavy atom. The van der Waals surface area contributed by atoms with E-state index in [-0.39, 0.29) is 16.6 Å². The number of carbonyl (C=O) groups excluding carboxylic acids is 1. The van der Waals surface area contributed by atoms with Crippen molar-refractivity contribution < 1.29 is 18.0 Å². The monoisotopic (exact) mass is 243 g/mol. The molecule has 0 radical (unpaired) electrons. The third kappa shape index (κ3) is 2.22. The Labute approximate surface area is 93.6 Å². The Morgan fingerprint density at radius 2 is 2.18 bits per heavy atom. The van der Waals surface area contributed by atoms with Crippen LogP contribution in [0.4, 0.5) is 13.2 Å². The molecule has 2 aromatic rings. The van der Waals surface area contributed by atoms with Crippen molar-refractivity contribution in [1.29, 1.82) is 0 Å². The van der Waals surface area contributed by atoms with Gasteiger partial charge in [-0.15, -0.1) is 0 Å². The second kappa shape index (κ2) is 3.76. The van der Waals surface area contributed by atoms with Crippen LogP contribution in [0.5, 0.6) is 0 Å². The number of aromatic amines is 1. The van der Waals surface area contributed by atoms with Gasteiger partial charge in [0.2, 0.25) is 0 Å². The summed E-state index contributed by atoms with van der Waals surface area (Å²) < 4.78 is 37.0. The number of hydrogen-bond donors (Lipinski definition) is 2. The molecule has 17 heavy (non-hydrogen) atoms. The smallest absolute Gasteiger partial charge is 0.364 e. The predicted molar refractivity (Wildman–Crippen MR) is 54.4 cm³/mol. The number of halogens is 3. The second-order valence-electron chi connectivity index (χ2n) is 3.55. The topological polar surface area (TPSA) is 71.8 Å². The zero-order valence-corrected chi connectivity index (χ0v) is 8.51. The van der Waals surface area contributed by atoms with Crippen molar-refractivity contribution in [2.45, 2.75) is 12.6 Å². The number of rotatable bonds is 2. The van der Waals surface area contributed by atoms with Gasteiger partial charge in [-0.25, -0.2) is 0 Å². The van der Waals surface area contributed by atoms with Gasteiger partial charge in [0.1, 0.15) is 5.69 Å². The van der Waals surface area contributed by atoms with Gasteiger partial charge in [-0.05, 0) is 11.6 Å². The van der Waals surface area contributed by atoms with E-state index in [0.717, 1.165) is 0 Å². The highest BCUT2D eigenvalue weighted by Gasteiger charge is 2.30. The molecule has 0 aliphatic heterocycles. The molecule has 7 heteroatoms. The normalized spacial score (nSPS) is 11.9. The van der Waals surface area contributed by atoms with Gasteiger partial charge >= 0.3 is 6.18 Å². The average molecular weight is 243 g/mol. The number of aromatic nitrogens is 2. The number of carbonyl (C=O) groups is 1. The molecular weight excluding hydrogens is 235 g/mol. The first-order valence-corrected chi connectivity index (χ1v) is 4.70. The maximum atomic E-state index is 12.3. The largest absolute Gasteiger partial charge is 0.393 e. The maximum Gasteiger partial charge on any atom is 0.393 e. The van der Waals surface area contributed by atoms with Gasteiger partial charge < -0.3 is 10.7 Å². The van der Waals surface area contributed by atoms with Crippen LogP contribution in [0.1, 0.15) is 16.1 Å². The highest BCUT2D eigenvalue weighted by Crippen LogP contribution is 2.27. The van der Waals surface area contributed by atoms with E-state index in [9.17, 15) is 18.0 Å². The van der Waals surface area contributed by atoms with Gasteiger partial charge in [-0.2, -0.15) is 13.2 Å². The Morgan fingerprint density at radius 3 is 2.76 bits per heavy atom. The van der Waals surface area contributed by atoms with Crippen LogP contribution in [-0.2, 0) is 6.42 Å². The summed E-state index contributed by atoms with van der Waals surface area (Å²) in [7, 11) is 0. The molecule has 90 valence electrons. The van der Waals surface area contributed by atoms with Gasteiger partial charge in [0.05, 0.1) is 6.42 Å². The van der Waals surface area contributed by atoms with Gasteiger partial charge in [-0.1, -0.05) is 0 Å². The minimum Gasteiger partial charge on any atom is -0.364 e. The molecular formula is C10H8F3N3O. The molecule has 3 N–H and O–H groups in total. The van der Waals surface area contributed by atoms with E-state index in [1.54, 1.807) is 0 Å². The molecule has 1 amide bonds. The number of pyridine rings is 1. The molecule has 0 fully saturated rings. The standard InChI is InChI=1S/C10H8F3N3O/c11-10(12,13)3-5-4-16-6-1-2-15-8(7(5)6)9(14)17/h1-2,4,16H,3H2,(H2,14,17). The lowest BCUT2D eigenvalue weighted by molar-refractivity contribution is -0.127. The third-order valence-electron chi connectivity index (χ3n) is 2.30. The van der Waals surface area contributed by atoms with Gasteiger partial charge in [0, 0.05) is 23.3 Å². The second-order valence-corrected chi connectivity index (χ2v) is 3.55. The average Bonchev–Trinajstić information content (AvgIpc) is 2.59. The van der Waals surface area contributed by atoms with Crippen molar-refractivity contribution >= 4 is 16.8 Å². The molecule has 2 aromatic heterocycles. The highest BCUT2D eigenvalue weighted by atomic mass is 19.4. The van der Waals surface area contributed by atoms with Crippen LogP contribution in [0.3, 0.4) is 0 Å². The number of nitrogens with two attached hydrogens (primary N) is 1. The Hall–Kier alpha value is -2.05. The molecule has 0 bridgehead atoms. The summed E-state index contributed by atoms with van der Waals surface area (Å²) in [6.07, 6.45) is -2.94.